The number of aliphatic hydroxyl groups excluding tert-OH is 1. The molecule has 0 spiro atoms. The van der Waals surface area contributed by atoms with Crippen LogP contribution in [0, 0.1) is 5.92 Å². The molecule has 2 fully saturated rings. The summed E-state index contributed by atoms with van der Waals surface area (Å²) in [4.78, 5) is 31.2. The summed E-state index contributed by atoms with van der Waals surface area (Å²) in [6.07, 6.45) is 6.27. The molecule has 28 heavy (non-hydrogen) atoms. The van der Waals surface area contributed by atoms with E-state index in [0.29, 0.717) is 25.8 Å². The highest BCUT2D eigenvalue weighted by Gasteiger charge is 2.36. The Balaban J connectivity index is 1.50. The van der Waals surface area contributed by atoms with Crippen LogP contribution in [0.3, 0.4) is 0 Å². The van der Waals surface area contributed by atoms with Crippen molar-refractivity contribution in [2.24, 2.45) is 5.92 Å². The molecule has 2 aliphatic rings. The third-order valence-corrected chi connectivity index (χ3v) is 5.91. The number of hydrogen-bond donors (Lipinski definition) is 2. The first-order valence-corrected chi connectivity index (χ1v) is 10.2. The van der Waals surface area contributed by atoms with E-state index in [4.69, 9.17) is 0 Å². The van der Waals surface area contributed by atoms with Crippen molar-refractivity contribution in [2.75, 3.05) is 13.1 Å². The Kier molecular flexibility index (Phi) is 5.57. The van der Waals surface area contributed by atoms with E-state index in [-0.39, 0.29) is 36.4 Å². The van der Waals surface area contributed by atoms with Gasteiger partial charge >= 0.3 is 0 Å². The molecular formula is C22H27N3O3. The van der Waals surface area contributed by atoms with E-state index >= 15 is 0 Å². The van der Waals surface area contributed by atoms with Crippen LogP contribution in [-0.2, 0) is 9.59 Å². The number of carbonyl (C=O) groups excluding carboxylic acids is 2. The average molecular weight is 381 g/mol. The highest BCUT2D eigenvalue weighted by Crippen LogP contribution is 2.38. The molecule has 4 rings (SSSR count). The largest absolute Gasteiger partial charge is 0.393 e. The van der Waals surface area contributed by atoms with Gasteiger partial charge in [0.05, 0.1) is 24.2 Å². The summed E-state index contributed by atoms with van der Waals surface area (Å²) in [6, 6.07) is 9.76. The number of amides is 2. The van der Waals surface area contributed by atoms with Crippen molar-refractivity contribution in [1.29, 1.82) is 0 Å². The normalized spacial score (nSPS) is 23.8. The van der Waals surface area contributed by atoms with Gasteiger partial charge in [0, 0.05) is 24.5 Å². The summed E-state index contributed by atoms with van der Waals surface area (Å²) in [5.41, 5.74) is 1.87. The topological polar surface area (TPSA) is 82.5 Å². The molecule has 0 bridgehead atoms. The van der Waals surface area contributed by atoms with E-state index in [9.17, 15) is 14.7 Å². The molecule has 1 aromatic carbocycles. The van der Waals surface area contributed by atoms with Crippen LogP contribution >= 0.6 is 0 Å². The van der Waals surface area contributed by atoms with Gasteiger partial charge in [0.2, 0.25) is 11.8 Å². The van der Waals surface area contributed by atoms with Crippen LogP contribution in [0.2, 0.25) is 0 Å². The summed E-state index contributed by atoms with van der Waals surface area (Å²) < 4.78 is 0. The lowest BCUT2D eigenvalue weighted by Crippen LogP contribution is -2.46. The Labute approximate surface area is 164 Å². The van der Waals surface area contributed by atoms with Crippen molar-refractivity contribution in [1.82, 2.24) is 15.2 Å². The van der Waals surface area contributed by atoms with Crippen molar-refractivity contribution in [3.05, 3.63) is 42.1 Å². The van der Waals surface area contributed by atoms with Gasteiger partial charge in [-0.15, -0.1) is 0 Å². The maximum atomic E-state index is 12.8. The van der Waals surface area contributed by atoms with Crippen molar-refractivity contribution in [3.8, 4) is 0 Å². The van der Waals surface area contributed by atoms with Gasteiger partial charge in [0.15, 0.2) is 0 Å². The molecule has 2 amide bonds. The van der Waals surface area contributed by atoms with Crippen LogP contribution in [0.1, 0.15) is 50.1 Å². The lowest BCUT2D eigenvalue weighted by Gasteiger charge is -2.38. The standard InChI is InChI=1S/C22H27N3O3/c26-18-11-16(12-18)22(17-10-15-6-3-4-7-19(15)23-13-17)24-20(27)14-25-9-5-1-2-8-21(25)28/h3-4,6-7,10,13,16,18,22,26H,1-2,5,8-9,11-12,14H2,(H,24,27). The van der Waals surface area contributed by atoms with E-state index in [1.54, 1.807) is 4.90 Å². The molecule has 0 radical (unpaired) electrons. The minimum absolute atomic E-state index is 0.0654. The highest BCUT2D eigenvalue weighted by molar-refractivity contribution is 5.85. The zero-order valence-corrected chi connectivity index (χ0v) is 16.0. The van der Waals surface area contributed by atoms with Crippen LogP contribution in [0.5, 0.6) is 0 Å². The molecule has 1 unspecified atom stereocenters. The second-order valence-electron chi connectivity index (χ2n) is 8.02. The summed E-state index contributed by atoms with van der Waals surface area (Å²) in [6.45, 7) is 0.752. The van der Waals surface area contributed by atoms with Gasteiger partial charge < -0.3 is 15.3 Å². The molecule has 2 heterocycles. The Morgan fingerprint density at radius 3 is 2.89 bits per heavy atom. The minimum atomic E-state index is -0.301. The van der Waals surface area contributed by atoms with Gasteiger partial charge in [-0.1, -0.05) is 24.6 Å². The second kappa shape index (κ2) is 8.27. The molecule has 1 saturated heterocycles. The predicted octanol–water partition coefficient (Wildman–Crippen LogP) is 2.57. The number of aromatic nitrogens is 1. The summed E-state index contributed by atoms with van der Waals surface area (Å²) in [5, 5.41) is 13.9. The Morgan fingerprint density at radius 2 is 2.07 bits per heavy atom. The molecule has 1 aromatic heterocycles. The molecular weight excluding hydrogens is 354 g/mol. The fourth-order valence-electron chi connectivity index (χ4n) is 4.23. The SMILES string of the molecule is O=C(CN1CCCCCC1=O)NC(c1cnc2ccccc2c1)C1CC(O)C1. The van der Waals surface area contributed by atoms with Gasteiger partial charge in [0.25, 0.3) is 0 Å². The smallest absolute Gasteiger partial charge is 0.240 e. The number of rotatable bonds is 5. The number of fused-ring (bicyclic) bond motifs is 1. The molecule has 6 nitrogen and oxygen atoms in total. The number of hydrogen-bond acceptors (Lipinski definition) is 4. The first-order valence-electron chi connectivity index (χ1n) is 10.2. The quantitative estimate of drug-likeness (QED) is 0.834. The minimum Gasteiger partial charge on any atom is -0.393 e. The monoisotopic (exact) mass is 381 g/mol. The summed E-state index contributed by atoms with van der Waals surface area (Å²) >= 11 is 0. The maximum absolute atomic E-state index is 12.8. The highest BCUT2D eigenvalue weighted by atomic mass is 16.3. The number of nitrogens with zero attached hydrogens (tertiary/aromatic N) is 2. The first-order chi connectivity index (χ1) is 13.6. The molecule has 1 aliphatic carbocycles. The zero-order chi connectivity index (χ0) is 19.5. The number of aliphatic hydroxyl groups is 1. The van der Waals surface area contributed by atoms with Crippen molar-refractivity contribution >= 4 is 22.7 Å². The fourth-order valence-corrected chi connectivity index (χ4v) is 4.23. The Bertz CT molecular complexity index is 863. The zero-order valence-electron chi connectivity index (χ0n) is 16.0. The van der Waals surface area contributed by atoms with Crippen molar-refractivity contribution in [3.63, 3.8) is 0 Å². The molecule has 2 N–H and O–H groups in total. The van der Waals surface area contributed by atoms with Gasteiger partial charge in [0.1, 0.15) is 0 Å². The number of nitrogens with one attached hydrogen (secondary N) is 1. The average Bonchev–Trinajstić information content (AvgIpc) is 2.88. The molecule has 2 aromatic rings. The van der Waals surface area contributed by atoms with Gasteiger partial charge in [-0.05, 0) is 49.3 Å². The van der Waals surface area contributed by atoms with E-state index < -0.39 is 0 Å². The van der Waals surface area contributed by atoms with E-state index in [1.807, 2.05) is 30.5 Å². The summed E-state index contributed by atoms with van der Waals surface area (Å²) in [5.74, 6) is 0.104. The number of pyridine rings is 1. The molecule has 148 valence electrons. The number of para-hydroxylation sites is 1. The van der Waals surface area contributed by atoms with Gasteiger partial charge in [-0.3, -0.25) is 14.6 Å². The number of carbonyl (C=O) groups is 2. The number of benzene rings is 1. The number of likely N-dealkylation sites (tertiary alicyclic amines) is 1. The lowest BCUT2D eigenvalue weighted by atomic mass is 9.75. The van der Waals surface area contributed by atoms with Crippen LogP contribution < -0.4 is 5.32 Å². The van der Waals surface area contributed by atoms with Crippen LogP contribution in [0.4, 0.5) is 0 Å². The van der Waals surface area contributed by atoms with Crippen LogP contribution in [0.25, 0.3) is 10.9 Å². The van der Waals surface area contributed by atoms with Crippen molar-refractivity contribution in [2.45, 2.75) is 50.7 Å². The first kappa shape index (κ1) is 18.9. The van der Waals surface area contributed by atoms with Crippen LogP contribution in [-0.4, -0.2) is 46.0 Å². The van der Waals surface area contributed by atoms with Gasteiger partial charge in [-0.25, -0.2) is 0 Å². The van der Waals surface area contributed by atoms with Crippen LogP contribution in [0.15, 0.2) is 36.5 Å². The van der Waals surface area contributed by atoms with Gasteiger partial charge in [-0.2, -0.15) is 0 Å². The van der Waals surface area contributed by atoms with E-state index in [1.165, 1.54) is 0 Å². The van der Waals surface area contributed by atoms with E-state index in [0.717, 1.165) is 35.7 Å². The summed E-state index contributed by atoms with van der Waals surface area (Å²) in [7, 11) is 0. The molecule has 1 atom stereocenters. The Hall–Kier alpha value is -2.47. The fraction of sp³-hybridized carbons (Fsp3) is 0.500. The van der Waals surface area contributed by atoms with Crippen molar-refractivity contribution < 1.29 is 14.7 Å². The predicted molar refractivity (Wildman–Crippen MR) is 106 cm³/mol. The molecule has 1 aliphatic heterocycles. The molecule has 6 heteroatoms. The Morgan fingerprint density at radius 1 is 1.25 bits per heavy atom. The second-order valence-corrected chi connectivity index (χ2v) is 8.02. The lowest BCUT2D eigenvalue weighted by molar-refractivity contribution is -0.136. The third-order valence-electron chi connectivity index (χ3n) is 5.91. The third kappa shape index (κ3) is 4.17. The maximum Gasteiger partial charge on any atom is 0.240 e. The molecule has 1 saturated carbocycles. The van der Waals surface area contributed by atoms with E-state index in [2.05, 4.69) is 16.4 Å².